The monoisotopic (exact) mass is 428 g/mol. The van der Waals surface area contributed by atoms with Crippen LogP contribution in [-0.2, 0) is 12.1 Å². The zero-order valence-electron chi connectivity index (χ0n) is 16.4. The van der Waals surface area contributed by atoms with Gasteiger partial charge in [0.1, 0.15) is 11.3 Å². The molecule has 29 heavy (non-hydrogen) atoms. The molecule has 1 aliphatic heterocycles. The molecule has 0 saturated heterocycles. The Kier molecular flexibility index (Phi) is 5.38. The van der Waals surface area contributed by atoms with Crippen molar-refractivity contribution in [3.05, 3.63) is 58.6 Å². The molecule has 1 atom stereocenters. The molecule has 0 radical (unpaired) electrons. The number of hydrogen-bond acceptors (Lipinski definition) is 2. The summed E-state index contributed by atoms with van der Waals surface area (Å²) in [4.78, 5) is 17.1. The quantitative estimate of drug-likeness (QED) is 0.490. The molecule has 0 bridgehead atoms. The summed E-state index contributed by atoms with van der Waals surface area (Å²) < 4.78 is 5.24. The Hall–Kier alpha value is -2.35. The number of carbonyl (C=O) groups is 1. The van der Waals surface area contributed by atoms with Crippen molar-refractivity contribution in [3.8, 4) is 17.6 Å². The minimum atomic E-state index is -0.692. The zero-order chi connectivity index (χ0) is 20.6. The van der Waals surface area contributed by atoms with E-state index in [1.165, 1.54) is 0 Å². The second kappa shape index (κ2) is 7.82. The number of rotatable bonds is 4. The highest BCUT2D eigenvalue weighted by molar-refractivity contribution is 6.30. The molecule has 150 valence electrons. The van der Waals surface area contributed by atoms with Crippen molar-refractivity contribution in [2.45, 2.75) is 24.9 Å². The number of urea groups is 1. The minimum Gasteiger partial charge on any atom is -0.497 e. The van der Waals surface area contributed by atoms with E-state index in [1.807, 2.05) is 49.5 Å². The van der Waals surface area contributed by atoms with Gasteiger partial charge in [-0.15, -0.1) is 11.6 Å². The van der Waals surface area contributed by atoms with Gasteiger partial charge in [0.25, 0.3) is 0 Å². The van der Waals surface area contributed by atoms with Crippen LogP contribution in [0.2, 0.25) is 5.02 Å². The van der Waals surface area contributed by atoms with Crippen LogP contribution in [0.4, 0.5) is 10.5 Å². The molecule has 0 N–H and O–H groups in total. The maximum Gasteiger partial charge on any atom is 0.326 e. The van der Waals surface area contributed by atoms with Gasteiger partial charge in [-0.1, -0.05) is 35.6 Å². The molecule has 0 aromatic heterocycles. The molecule has 2 aromatic carbocycles. The van der Waals surface area contributed by atoms with Crippen molar-refractivity contribution in [1.29, 1.82) is 0 Å². The third-order valence-corrected chi connectivity index (χ3v) is 6.09. The third kappa shape index (κ3) is 3.43. The third-order valence-electron chi connectivity index (χ3n) is 5.72. The fraction of sp³-hybridized carbons (Fsp3) is 0.348. The average Bonchev–Trinajstić information content (AvgIpc) is 3.58. The van der Waals surface area contributed by atoms with Gasteiger partial charge in [0.2, 0.25) is 0 Å². The summed E-state index contributed by atoms with van der Waals surface area (Å²) in [5, 5.41) is 0.633. The van der Waals surface area contributed by atoms with Gasteiger partial charge >= 0.3 is 6.03 Å². The van der Waals surface area contributed by atoms with E-state index < -0.39 is 5.54 Å². The van der Waals surface area contributed by atoms with Crippen LogP contribution in [0.3, 0.4) is 0 Å². The van der Waals surface area contributed by atoms with Gasteiger partial charge in [-0.05, 0) is 54.7 Å². The number of amides is 2. The number of alkyl halides is 1. The number of ether oxygens (including phenoxy) is 1. The largest absolute Gasteiger partial charge is 0.497 e. The summed E-state index contributed by atoms with van der Waals surface area (Å²) in [6.45, 7) is 0.450. The van der Waals surface area contributed by atoms with Crippen LogP contribution in [-0.4, -0.2) is 31.0 Å². The molecule has 4 rings (SSSR count). The van der Waals surface area contributed by atoms with Gasteiger partial charge in [-0.3, -0.25) is 4.90 Å². The summed E-state index contributed by atoms with van der Waals surface area (Å²) in [5.41, 5.74) is 2.15. The van der Waals surface area contributed by atoms with E-state index in [0.29, 0.717) is 11.6 Å². The Morgan fingerprint density at radius 2 is 1.93 bits per heavy atom. The van der Waals surface area contributed by atoms with Crippen LogP contribution < -0.4 is 9.64 Å². The number of nitrogens with zero attached hydrogens (tertiary/aromatic N) is 2. The summed E-state index contributed by atoms with van der Waals surface area (Å²) in [6, 6.07) is 13.4. The van der Waals surface area contributed by atoms with E-state index in [0.717, 1.165) is 35.4 Å². The Labute approximate surface area is 181 Å². The lowest BCUT2D eigenvalue weighted by atomic mass is 9.81. The second-order valence-electron chi connectivity index (χ2n) is 7.41. The first-order valence-electron chi connectivity index (χ1n) is 9.55. The average molecular weight is 429 g/mol. The number of halogens is 2. The molecule has 1 heterocycles. The summed E-state index contributed by atoms with van der Waals surface area (Å²) >= 11 is 12.3. The van der Waals surface area contributed by atoms with E-state index in [2.05, 4.69) is 11.8 Å². The van der Waals surface area contributed by atoms with Crippen molar-refractivity contribution >= 4 is 34.9 Å². The Bertz CT molecular complexity index is 992. The molecular weight excluding hydrogens is 407 g/mol. The first kappa shape index (κ1) is 19.9. The standard InChI is InChI=1S/C23H22Cl2N2O2/c1-26-22(28)27(15-16-4-9-19(29-2)10-5-16)21-11-8-18(25)14-20(21)23(26,12-3-13-24)17-6-7-17/h4-5,8-11,14,17H,6-7,13,15H2,1-2H3. The molecule has 1 aliphatic carbocycles. The zero-order valence-corrected chi connectivity index (χ0v) is 17.9. The van der Waals surface area contributed by atoms with Gasteiger partial charge in [-0.25, -0.2) is 4.79 Å². The predicted molar refractivity (Wildman–Crippen MR) is 117 cm³/mol. The topological polar surface area (TPSA) is 32.8 Å². The van der Waals surface area contributed by atoms with Crippen molar-refractivity contribution in [2.24, 2.45) is 5.92 Å². The highest BCUT2D eigenvalue weighted by atomic mass is 35.5. The molecule has 1 saturated carbocycles. The van der Waals surface area contributed by atoms with Gasteiger partial charge in [0.05, 0.1) is 25.2 Å². The highest BCUT2D eigenvalue weighted by Crippen LogP contribution is 2.54. The SMILES string of the molecule is COc1ccc(CN2C(=O)N(C)C(C#CCCl)(C3CC3)c3cc(Cl)ccc32)cc1. The van der Waals surface area contributed by atoms with Gasteiger partial charge in [-0.2, -0.15) is 0 Å². The maximum atomic E-state index is 13.5. The fourth-order valence-corrected chi connectivity index (χ4v) is 4.39. The second-order valence-corrected chi connectivity index (χ2v) is 8.12. The Morgan fingerprint density at radius 3 is 2.55 bits per heavy atom. The molecule has 0 spiro atoms. The molecule has 2 aliphatic rings. The van der Waals surface area contributed by atoms with E-state index in [9.17, 15) is 4.79 Å². The maximum absolute atomic E-state index is 13.5. The molecule has 2 amide bonds. The van der Waals surface area contributed by atoms with E-state index in [1.54, 1.807) is 16.9 Å². The number of benzene rings is 2. The number of anilines is 1. The number of methoxy groups -OCH3 is 1. The number of hydrogen-bond donors (Lipinski definition) is 0. The van der Waals surface area contributed by atoms with Crippen LogP contribution >= 0.6 is 23.2 Å². The van der Waals surface area contributed by atoms with E-state index >= 15 is 0 Å². The first-order chi connectivity index (χ1) is 14.0. The molecule has 1 fully saturated rings. The van der Waals surface area contributed by atoms with Gasteiger partial charge < -0.3 is 9.64 Å². The number of carbonyl (C=O) groups excluding carboxylic acids is 1. The summed E-state index contributed by atoms with van der Waals surface area (Å²) in [6.07, 6.45) is 2.05. The van der Waals surface area contributed by atoms with Crippen molar-refractivity contribution in [1.82, 2.24) is 4.90 Å². The molecule has 4 nitrogen and oxygen atoms in total. The molecule has 6 heteroatoms. The normalized spacial score (nSPS) is 20.8. The van der Waals surface area contributed by atoms with Crippen molar-refractivity contribution in [2.75, 3.05) is 24.9 Å². The van der Waals surface area contributed by atoms with Crippen LogP contribution in [0, 0.1) is 17.8 Å². The smallest absolute Gasteiger partial charge is 0.326 e. The minimum absolute atomic E-state index is 0.0774. The van der Waals surface area contributed by atoms with Crippen LogP contribution in [0.15, 0.2) is 42.5 Å². The van der Waals surface area contributed by atoms with Crippen LogP contribution in [0.5, 0.6) is 5.75 Å². The lowest BCUT2D eigenvalue weighted by molar-refractivity contribution is 0.152. The van der Waals surface area contributed by atoms with Gasteiger partial charge in [0, 0.05) is 17.6 Å². The molecule has 1 unspecified atom stereocenters. The van der Waals surface area contributed by atoms with E-state index in [-0.39, 0.29) is 17.8 Å². The van der Waals surface area contributed by atoms with Crippen molar-refractivity contribution < 1.29 is 9.53 Å². The van der Waals surface area contributed by atoms with Crippen molar-refractivity contribution in [3.63, 3.8) is 0 Å². The summed E-state index contributed by atoms with van der Waals surface area (Å²) in [7, 11) is 3.46. The lowest BCUT2D eigenvalue weighted by Crippen LogP contribution is -2.57. The summed E-state index contributed by atoms with van der Waals surface area (Å²) in [5.74, 6) is 7.64. The molecular formula is C23H22Cl2N2O2. The highest BCUT2D eigenvalue weighted by Gasteiger charge is 2.55. The first-order valence-corrected chi connectivity index (χ1v) is 10.5. The number of fused-ring (bicyclic) bond motifs is 1. The van der Waals surface area contributed by atoms with Crippen LogP contribution in [0.25, 0.3) is 0 Å². The Morgan fingerprint density at radius 1 is 1.21 bits per heavy atom. The van der Waals surface area contributed by atoms with Gasteiger partial charge in [0.15, 0.2) is 0 Å². The Balaban J connectivity index is 1.82. The fourth-order valence-electron chi connectivity index (χ4n) is 4.15. The molecule has 2 aromatic rings. The van der Waals surface area contributed by atoms with E-state index in [4.69, 9.17) is 27.9 Å². The predicted octanol–water partition coefficient (Wildman–Crippen LogP) is 5.27. The van der Waals surface area contributed by atoms with Crippen LogP contribution in [0.1, 0.15) is 24.0 Å². The lowest BCUT2D eigenvalue weighted by Gasteiger charge is -2.47.